The van der Waals surface area contributed by atoms with Crippen LogP contribution >= 0.6 is 0 Å². The molecule has 10 nitrogen and oxygen atoms in total. The number of cyclic esters (lactones) is 1. The molecule has 0 saturated heterocycles. The van der Waals surface area contributed by atoms with Crippen LogP contribution < -0.4 is 0 Å². The van der Waals surface area contributed by atoms with Crippen molar-refractivity contribution in [1.29, 1.82) is 0 Å². The fraction of sp³-hybridized carbons (Fsp3) is 0.500. The van der Waals surface area contributed by atoms with Crippen LogP contribution in [0.5, 0.6) is 0 Å². The van der Waals surface area contributed by atoms with E-state index in [9.17, 15) is 29.7 Å². The van der Waals surface area contributed by atoms with Gasteiger partial charge in [0.1, 0.15) is 0 Å². The highest BCUT2D eigenvalue weighted by Crippen LogP contribution is 2.32. The van der Waals surface area contributed by atoms with Crippen molar-refractivity contribution in [1.82, 2.24) is 0 Å². The van der Waals surface area contributed by atoms with E-state index in [1.807, 2.05) is 0 Å². The molecule has 0 aromatic rings. The van der Waals surface area contributed by atoms with Gasteiger partial charge < -0.3 is 34.6 Å². The zero-order valence-electron chi connectivity index (χ0n) is 10.4. The maximum atomic E-state index is 11.0. The molecule has 0 spiro atoms. The minimum Gasteiger partial charge on any atom is -0.505 e. The molecule has 3 atom stereocenters. The van der Waals surface area contributed by atoms with Crippen LogP contribution in [-0.4, -0.2) is 56.5 Å². The molecule has 4 N–H and O–H groups in total. The minimum atomic E-state index is -3.12. The lowest BCUT2D eigenvalue weighted by Gasteiger charge is -2.33. The van der Waals surface area contributed by atoms with E-state index in [1.165, 1.54) is 0 Å². The third-order valence-corrected chi connectivity index (χ3v) is 2.22. The molecule has 20 heavy (non-hydrogen) atoms. The maximum absolute atomic E-state index is 11.0. The van der Waals surface area contributed by atoms with Gasteiger partial charge in [0.2, 0.25) is 11.9 Å². The van der Waals surface area contributed by atoms with Crippen LogP contribution in [0.2, 0.25) is 0 Å². The van der Waals surface area contributed by atoms with E-state index in [-0.39, 0.29) is 0 Å². The first-order valence-electron chi connectivity index (χ1n) is 5.20. The quantitative estimate of drug-likeness (QED) is 0.269. The van der Waals surface area contributed by atoms with Crippen LogP contribution in [0.4, 0.5) is 0 Å². The third kappa shape index (κ3) is 2.81. The summed E-state index contributed by atoms with van der Waals surface area (Å²) < 4.78 is 13.0. The van der Waals surface area contributed by atoms with E-state index in [4.69, 9.17) is 5.11 Å². The highest BCUT2D eigenvalue weighted by Gasteiger charge is 2.58. The molecule has 0 radical (unpaired) electrons. The smallest absolute Gasteiger partial charge is 0.378 e. The summed E-state index contributed by atoms with van der Waals surface area (Å²) in [4.78, 5) is 32.7. The molecule has 112 valence electrons. The molecule has 0 aliphatic carbocycles. The molecular weight excluding hydrogens is 280 g/mol. The third-order valence-electron chi connectivity index (χ3n) is 2.22. The van der Waals surface area contributed by atoms with E-state index >= 15 is 0 Å². The molecule has 10 heteroatoms. The Morgan fingerprint density at radius 1 is 1.30 bits per heavy atom. The largest absolute Gasteiger partial charge is 0.505 e. The number of esters is 3. The van der Waals surface area contributed by atoms with E-state index in [1.54, 1.807) is 0 Å². The monoisotopic (exact) mass is 292 g/mol. The van der Waals surface area contributed by atoms with Crippen molar-refractivity contribution in [3.63, 3.8) is 0 Å². The maximum Gasteiger partial charge on any atom is 0.378 e. The molecule has 1 aliphatic rings. The average Bonchev–Trinajstić information content (AvgIpc) is 2.55. The van der Waals surface area contributed by atoms with Crippen molar-refractivity contribution >= 4 is 17.9 Å². The summed E-state index contributed by atoms with van der Waals surface area (Å²) in [5.41, 5.74) is 0. The Morgan fingerprint density at radius 2 is 1.85 bits per heavy atom. The normalized spacial score (nSPS) is 22.8. The summed E-state index contributed by atoms with van der Waals surface area (Å²) in [6, 6.07) is 0. The van der Waals surface area contributed by atoms with Crippen LogP contribution in [0.25, 0.3) is 0 Å². The summed E-state index contributed by atoms with van der Waals surface area (Å²) in [5.74, 6) is -9.18. The number of rotatable bonds is 4. The molecule has 0 bridgehead atoms. The molecule has 0 fully saturated rings. The fourth-order valence-electron chi connectivity index (χ4n) is 1.43. The summed E-state index contributed by atoms with van der Waals surface area (Å²) in [5, 5.41) is 38.2. The number of ether oxygens (including phenoxy) is 3. The summed E-state index contributed by atoms with van der Waals surface area (Å²) >= 11 is 0. The number of aliphatic hydroxyl groups excluding tert-OH is 3. The topological polar surface area (TPSA) is 160 Å². The molecular formula is C10H12O10. The van der Waals surface area contributed by atoms with E-state index in [0.717, 1.165) is 13.8 Å². The molecule has 0 aromatic heterocycles. The Bertz CT molecular complexity index is 480. The summed E-state index contributed by atoms with van der Waals surface area (Å²) in [6.07, 6.45) is -4.64. The molecule has 1 aliphatic heterocycles. The second kappa shape index (κ2) is 5.35. The second-order valence-electron chi connectivity index (χ2n) is 3.83. The molecule has 0 saturated carbocycles. The molecule has 0 aromatic carbocycles. The Labute approximate surface area is 111 Å². The van der Waals surface area contributed by atoms with Crippen molar-refractivity contribution in [3.05, 3.63) is 11.5 Å². The van der Waals surface area contributed by atoms with Crippen molar-refractivity contribution in [3.8, 4) is 0 Å². The van der Waals surface area contributed by atoms with Gasteiger partial charge >= 0.3 is 23.7 Å². The highest BCUT2D eigenvalue weighted by atomic mass is 16.7. The van der Waals surface area contributed by atoms with Crippen LogP contribution in [0.15, 0.2) is 11.5 Å². The predicted molar refractivity (Wildman–Crippen MR) is 56.7 cm³/mol. The zero-order chi connectivity index (χ0) is 15.7. The van der Waals surface area contributed by atoms with Gasteiger partial charge in [0, 0.05) is 13.8 Å². The lowest BCUT2D eigenvalue weighted by atomic mass is 10.1. The molecule has 0 amide bonds. The van der Waals surface area contributed by atoms with Crippen molar-refractivity contribution < 1.29 is 49.0 Å². The average molecular weight is 292 g/mol. The zero-order valence-corrected chi connectivity index (χ0v) is 10.4. The minimum absolute atomic E-state index is 0.836. The van der Waals surface area contributed by atoms with Gasteiger partial charge in [-0.05, 0) is 0 Å². The first-order chi connectivity index (χ1) is 9.09. The number of carbonyl (C=O) groups is 3. The molecule has 0 unspecified atom stereocenters. The fourth-order valence-corrected chi connectivity index (χ4v) is 1.43. The van der Waals surface area contributed by atoms with Gasteiger partial charge in [-0.3, -0.25) is 9.59 Å². The van der Waals surface area contributed by atoms with Gasteiger partial charge in [-0.2, -0.15) is 0 Å². The van der Waals surface area contributed by atoms with Crippen LogP contribution in [0, 0.1) is 0 Å². The first kappa shape index (κ1) is 15.7. The Kier molecular flexibility index (Phi) is 4.20. The van der Waals surface area contributed by atoms with Gasteiger partial charge in [0.05, 0.1) is 0 Å². The standard InChI is InChI=1S/C10H12O10/c1-3(11)18-9(16)10(17,20-4(2)12)7-5(13)6(14)8(15)19-7/h7,9,13-14,16-17H,1-2H3/t7-,9-,10-/m0/s1. The SMILES string of the molecule is CC(=O)O[C@H](O)[C@@](O)(OC(C)=O)[C@H]1OC(=O)C(O)=C1O. The van der Waals surface area contributed by atoms with Gasteiger partial charge in [0.25, 0.3) is 6.29 Å². The Hall–Kier alpha value is -2.33. The van der Waals surface area contributed by atoms with E-state index in [0.29, 0.717) is 0 Å². The predicted octanol–water partition coefficient (Wildman–Crippen LogP) is -1.63. The van der Waals surface area contributed by atoms with Crippen LogP contribution in [0.1, 0.15) is 13.8 Å². The van der Waals surface area contributed by atoms with Gasteiger partial charge in [-0.15, -0.1) is 0 Å². The van der Waals surface area contributed by atoms with Crippen molar-refractivity contribution in [2.45, 2.75) is 32.0 Å². The number of hydrogen-bond donors (Lipinski definition) is 4. The number of carbonyl (C=O) groups excluding carboxylic acids is 3. The van der Waals surface area contributed by atoms with E-state index in [2.05, 4.69) is 14.2 Å². The Morgan fingerprint density at radius 3 is 2.20 bits per heavy atom. The van der Waals surface area contributed by atoms with E-state index < -0.39 is 47.6 Å². The van der Waals surface area contributed by atoms with Crippen molar-refractivity contribution in [2.75, 3.05) is 0 Å². The van der Waals surface area contributed by atoms with Gasteiger partial charge in [0.15, 0.2) is 5.76 Å². The van der Waals surface area contributed by atoms with Crippen molar-refractivity contribution in [2.24, 2.45) is 0 Å². The highest BCUT2D eigenvalue weighted by molar-refractivity contribution is 5.89. The lowest BCUT2D eigenvalue weighted by molar-refractivity contribution is -0.328. The summed E-state index contributed by atoms with van der Waals surface area (Å²) in [6.45, 7) is 1.72. The first-order valence-corrected chi connectivity index (χ1v) is 5.20. The molecule has 1 heterocycles. The molecule has 1 rings (SSSR count). The van der Waals surface area contributed by atoms with Crippen LogP contribution in [-0.2, 0) is 28.6 Å². The van der Waals surface area contributed by atoms with Gasteiger partial charge in [-0.1, -0.05) is 0 Å². The summed E-state index contributed by atoms with van der Waals surface area (Å²) in [7, 11) is 0. The lowest BCUT2D eigenvalue weighted by Crippen LogP contribution is -2.57. The number of aliphatic hydroxyl groups is 4. The number of hydrogen-bond acceptors (Lipinski definition) is 10. The second-order valence-corrected chi connectivity index (χ2v) is 3.83. The van der Waals surface area contributed by atoms with Gasteiger partial charge in [-0.25, -0.2) is 4.79 Å². The van der Waals surface area contributed by atoms with Crippen LogP contribution in [0.3, 0.4) is 0 Å². The Balaban J connectivity index is 3.16.